The maximum absolute atomic E-state index is 11.7. The smallest absolute Gasteiger partial charge is 0.412 e. The summed E-state index contributed by atoms with van der Waals surface area (Å²) in [5, 5.41) is 22.2. The molecule has 0 radical (unpaired) electrons. The molecule has 1 rings (SSSR count). The van der Waals surface area contributed by atoms with E-state index in [4.69, 9.17) is 9.84 Å². The number of nitrogens with one attached hydrogen (secondary N) is 1. The van der Waals surface area contributed by atoms with Gasteiger partial charge in [0.25, 0.3) is 5.69 Å². The Morgan fingerprint density at radius 1 is 1.33 bits per heavy atom. The zero-order valence-corrected chi connectivity index (χ0v) is 12.1. The molecule has 0 heterocycles. The van der Waals surface area contributed by atoms with E-state index in [1.807, 2.05) is 0 Å². The van der Waals surface area contributed by atoms with Crippen LogP contribution in [0.5, 0.6) is 0 Å². The first-order chi connectivity index (χ1) is 9.51. The summed E-state index contributed by atoms with van der Waals surface area (Å²) < 4.78 is 5.03. The molecule has 2 N–H and O–H groups in total. The average molecular weight is 296 g/mol. The molecular weight excluding hydrogens is 280 g/mol. The minimum atomic E-state index is -1.33. The summed E-state index contributed by atoms with van der Waals surface area (Å²) in [4.78, 5) is 32.9. The quantitative estimate of drug-likeness (QED) is 0.653. The molecule has 0 spiro atoms. The van der Waals surface area contributed by atoms with Gasteiger partial charge < -0.3 is 9.84 Å². The van der Waals surface area contributed by atoms with Gasteiger partial charge in [-0.15, -0.1) is 0 Å². The van der Waals surface area contributed by atoms with Crippen molar-refractivity contribution >= 4 is 23.4 Å². The summed E-state index contributed by atoms with van der Waals surface area (Å²) in [7, 11) is 0. The van der Waals surface area contributed by atoms with Crippen molar-refractivity contribution in [1.29, 1.82) is 0 Å². The van der Waals surface area contributed by atoms with E-state index in [0.717, 1.165) is 12.1 Å². The predicted molar refractivity (Wildman–Crippen MR) is 74.6 cm³/mol. The number of nitro groups is 1. The second-order valence-corrected chi connectivity index (χ2v) is 5.36. The fourth-order valence-electron chi connectivity index (χ4n) is 1.56. The van der Waals surface area contributed by atoms with Crippen LogP contribution in [0, 0.1) is 17.0 Å². The van der Waals surface area contributed by atoms with Crippen LogP contribution in [0.1, 0.15) is 36.7 Å². The lowest BCUT2D eigenvalue weighted by atomic mass is 10.1. The van der Waals surface area contributed by atoms with Crippen molar-refractivity contribution in [2.75, 3.05) is 5.32 Å². The van der Waals surface area contributed by atoms with Crippen molar-refractivity contribution in [2.24, 2.45) is 0 Å². The van der Waals surface area contributed by atoms with E-state index in [1.165, 1.54) is 6.92 Å². The van der Waals surface area contributed by atoms with Gasteiger partial charge >= 0.3 is 12.1 Å². The number of hydrogen-bond donors (Lipinski definition) is 2. The number of benzene rings is 1. The number of amides is 1. The highest BCUT2D eigenvalue weighted by Gasteiger charge is 2.22. The van der Waals surface area contributed by atoms with Crippen molar-refractivity contribution in [3.05, 3.63) is 33.4 Å². The molecule has 0 aliphatic carbocycles. The molecule has 1 aromatic carbocycles. The van der Waals surface area contributed by atoms with Gasteiger partial charge in [0, 0.05) is 6.07 Å². The van der Waals surface area contributed by atoms with Crippen LogP contribution in [0.2, 0.25) is 0 Å². The van der Waals surface area contributed by atoms with Gasteiger partial charge in [-0.3, -0.25) is 15.4 Å². The van der Waals surface area contributed by atoms with Crippen LogP contribution in [0.4, 0.5) is 16.2 Å². The van der Waals surface area contributed by atoms with E-state index < -0.39 is 22.6 Å². The van der Waals surface area contributed by atoms with Crippen molar-refractivity contribution in [3.63, 3.8) is 0 Å². The number of anilines is 1. The molecule has 0 unspecified atom stereocenters. The summed E-state index contributed by atoms with van der Waals surface area (Å²) in [5.41, 5.74) is -1.25. The van der Waals surface area contributed by atoms with Crippen LogP contribution < -0.4 is 5.32 Å². The maximum Gasteiger partial charge on any atom is 0.412 e. The number of carboxylic acids is 1. The Morgan fingerprint density at radius 2 is 1.90 bits per heavy atom. The van der Waals surface area contributed by atoms with E-state index in [-0.39, 0.29) is 22.5 Å². The third-order valence-corrected chi connectivity index (χ3v) is 2.46. The molecule has 0 atom stereocenters. The first kappa shape index (κ1) is 16.4. The Hall–Kier alpha value is -2.64. The van der Waals surface area contributed by atoms with Crippen LogP contribution >= 0.6 is 0 Å². The highest BCUT2D eigenvalue weighted by atomic mass is 16.6. The first-order valence-corrected chi connectivity index (χ1v) is 6.03. The van der Waals surface area contributed by atoms with Crippen molar-refractivity contribution < 1.29 is 24.4 Å². The maximum atomic E-state index is 11.7. The third kappa shape index (κ3) is 4.44. The summed E-state index contributed by atoms with van der Waals surface area (Å²) >= 11 is 0. The van der Waals surface area contributed by atoms with Crippen molar-refractivity contribution in [1.82, 2.24) is 0 Å². The Bertz CT molecular complexity index is 603. The highest BCUT2D eigenvalue weighted by Crippen LogP contribution is 2.28. The normalized spacial score (nSPS) is 10.9. The topological polar surface area (TPSA) is 119 Å². The molecule has 1 amide bonds. The summed E-state index contributed by atoms with van der Waals surface area (Å²) in [6.45, 7) is 6.40. The molecule has 0 aliphatic heterocycles. The largest absolute Gasteiger partial charge is 0.478 e. The van der Waals surface area contributed by atoms with Crippen molar-refractivity contribution in [2.45, 2.75) is 33.3 Å². The lowest BCUT2D eigenvalue weighted by Crippen LogP contribution is -2.27. The molecule has 114 valence electrons. The summed E-state index contributed by atoms with van der Waals surface area (Å²) in [6.07, 6.45) is -0.817. The van der Waals surface area contributed by atoms with Gasteiger partial charge in [0.2, 0.25) is 0 Å². The summed E-state index contributed by atoms with van der Waals surface area (Å²) in [5.74, 6) is -1.33. The van der Waals surface area contributed by atoms with Gasteiger partial charge in [-0.05, 0) is 33.8 Å². The zero-order valence-electron chi connectivity index (χ0n) is 12.1. The van der Waals surface area contributed by atoms with Gasteiger partial charge in [-0.25, -0.2) is 9.59 Å². The van der Waals surface area contributed by atoms with Gasteiger partial charge in [0.05, 0.1) is 21.7 Å². The minimum Gasteiger partial charge on any atom is -0.478 e. The summed E-state index contributed by atoms with van der Waals surface area (Å²) in [6, 6.07) is 2.09. The molecule has 8 heteroatoms. The molecular formula is C13H16N2O6. The van der Waals surface area contributed by atoms with Crippen LogP contribution in [-0.2, 0) is 4.74 Å². The SMILES string of the molecule is Cc1c(NC(=O)OC(C)(C)C)cc(C(=O)O)cc1[N+](=O)[O-]. The van der Waals surface area contributed by atoms with Crippen molar-refractivity contribution in [3.8, 4) is 0 Å². The number of ether oxygens (including phenoxy) is 1. The second-order valence-electron chi connectivity index (χ2n) is 5.36. The van der Waals surface area contributed by atoms with E-state index in [2.05, 4.69) is 5.32 Å². The predicted octanol–water partition coefficient (Wildman–Crippen LogP) is 2.95. The standard InChI is InChI=1S/C13H16N2O6/c1-7-9(14-12(18)21-13(2,3)4)5-8(11(16)17)6-10(7)15(19)20/h5-6H,1-4H3,(H,14,18)(H,16,17). The van der Waals surface area contributed by atoms with Gasteiger partial charge in [-0.1, -0.05) is 0 Å². The first-order valence-electron chi connectivity index (χ1n) is 6.03. The molecule has 8 nitrogen and oxygen atoms in total. The zero-order chi connectivity index (χ0) is 16.4. The second kappa shape index (κ2) is 5.78. The molecule has 0 aromatic heterocycles. The molecule has 0 saturated heterocycles. The molecule has 0 saturated carbocycles. The number of hydrogen-bond acceptors (Lipinski definition) is 5. The van der Waals surface area contributed by atoms with Crippen LogP contribution in [0.25, 0.3) is 0 Å². The van der Waals surface area contributed by atoms with Gasteiger partial charge in [-0.2, -0.15) is 0 Å². The third-order valence-electron chi connectivity index (χ3n) is 2.46. The van der Waals surface area contributed by atoms with Crippen LogP contribution in [-0.4, -0.2) is 27.7 Å². The Balaban J connectivity index is 3.20. The Morgan fingerprint density at radius 3 is 2.33 bits per heavy atom. The monoisotopic (exact) mass is 296 g/mol. The van der Waals surface area contributed by atoms with Crippen LogP contribution in [0.3, 0.4) is 0 Å². The number of aromatic carboxylic acids is 1. The fraction of sp³-hybridized carbons (Fsp3) is 0.385. The van der Waals surface area contributed by atoms with E-state index in [9.17, 15) is 19.7 Å². The van der Waals surface area contributed by atoms with E-state index >= 15 is 0 Å². The number of carbonyl (C=O) groups is 2. The van der Waals surface area contributed by atoms with Crippen LogP contribution in [0.15, 0.2) is 12.1 Å². The fourth-order valence-corrected chi connectivity index (χ4v) is 1.56. The molecule has 0 fully saturated rings. The molecule has 21 heavy (non-hydrogen) atoms. The number of carbonyl (C=O) groups excluding carboxylic acids is 1. The lowest BCUT2D eigenvalue weighted by molar-refractivity contribution is -0.385. The van der Waals surface area contributed by atoms with Gasteiger partial charge in [0.15, 0.2) is 0 Å². The lowest BCUT2D eigenvalue weighted by Gasteiger charge is -2.20. The molecule has 0 aliphatic rings. The van der Waals surface area contributed by atoms with Gasteiger partial charge in [0.1, 0.15) is 5.60 Å². The van der Waals surface area contributed by atoms with E-state index in [0.29, 0.717) is 0 Å². The number of nitrogens with zero attached hydrogens (tertiary/aromatic N) is 1. The molecule has 1 aromatic rings. The number of nitro benzene ring substituents is 1. The molecule has 0 bridgehead atoms. The average Bonchev–Trinajstić information content (AvgIpc) is 2.28. The number of rotatable bonds is 3. The number of carboxylic acid groups (broad SMARTS) is 1. The highest BCUT2D eigenvalue weighted by molar-refractivity contribution is 5.93. The Kier molecular flexibility index (Phi) is 4.52. The Labute approximate surface area is 120 Å². The van der Waals surface area contributed by atoms with E-state index in [1.54, 1.807) is 20.8 Å². The minimum absolute atomic E-state index is 0.0239.